The third-order valence-corrected chi connectivity index (χ3v) is 6.16. The Bertz CT molecular complexity index is 994. The number of amides is 1. The molecule has 0 aromatic heterocycles. The predicted molar refractivity (Wildman–Crippen MR) is 115 cm³/mol. The summed E-state index contributed by atoms with van der Waals surface area (Å²) >= 11 is 6.32. The van der Waals surface area contributed by atoms with Crippen molar-refractivity contribution >= 4 is 29.0 Å². The molecule has 0 N–H and O–H groups in total. The third-order valence-electron chi connectivity index (χ3n) is 5.75. The van der Waals surface area contributed by atoms with E-state index in [0.717, 1.165) is 40.3 Å². The number of carbonyl (C=O) groups excluding carboxylic acids is 2. The van der Waals surface area contributed by atoms with Crippen molar-refractivity contribution in [2.24, 2.45) is 0 Å². The second-order valence-electron chi connectivity index (χ2n) is 7.51. The zero-order chi connectivity index (χ0) is 20.5. The molecule has 0 radical (unpaired) electrons. The summed E-state index contributed by atoms with van der Waals surface area (Å²) in [6, 6.07) is 13.3. The van der Waals surface area contributed by atoms with Crippen LogP contribution >= 0.6 is 11.6 Å². The Morgan fingerprint density at radius 3 is 2.59 bits per heavy atom. The fourth-order valence-electron chi connectivity index (χ4n) is 4.36. The summed E-state index contributed by atoms with van der Waals surface area (Å²) in [5.74, 6) is 0.723. The Kier molecular flexibility index (Phi) is 5.46. The lowest BCUT2D eigenvalue weighted by molar-refractivity contribution is -0.119. The number of hydrogen-bond acceptors (Lipinski definition) is 3. The number of ether oxygens (including phenoxy) is 1. The molecule has 5 heteroatoms. The van der Waals surface area contributed by atoms with Gasteiger partial charge in [-0.05, 0) is 62.1 Å². The maximum Gasteiger partial charge on any atom is 0.232 e. The van der Waals surface area contributed by atoms with Crippen molar-refractivity contribution in [1.29, 1.82) is 0 Å². The number of allylic oxidation sites excluding steroid dienone is 2. The van der Waals surface area contributed by atoms with Gasteiger partial charge in [-0.25, -0.2) is 0 Å². The van der Waals surface area contributed by atoms with Crippen LogP contribution in [0.5, 0.6) is 5.75 Å². The van der Waals surface area contributed by atoms with Crippen LogP contribution in [0.1, 0.15) is 49.7 Å². The summed E-state index contributed by atoms with van der Waals surface area (Å²) < 4.78 is 5.53. The van der Waals surface area contributed by atoms with E-state index in [2.05, 4.69) is 0 Å². The molecule has 0 saturated heterocycles. The van der Waals surface area contributed by atoms with Gasteiger partial charge in [-0.15, -0.1) is 0 Å². The van der Waals surface area contributed by atoms with E-state index in [9.17, 15) is 9.59 Å². The molecule has 1 aliphatic heterocycles. The van der Waals surface area contributed by atoms with Crippen LogP contribution in [0.25, 0.3) is 0 Å². The van der Waals surface area contributed by atoms with Gasteiger partial charge in [0.25, 0.3) is 0 Å². The molecule has 1 atom stereocenters. The van der Waals surface area contributed by atoms with Crippen molar-refractivity contribution in [2.45, 2.75) is 45.4 Å². The number of hydrogen-bond donors (Lipinski definition) is 0. The lowest BCUT2D eigenvalue weighted by atomic mass is 9.77. The minimum absolute atomic E-state index is 0.00250. The zero-order valence-corrected chi connectivity index (χ0v) is 17.5. The molecule has 0 bridgehead atoms. The number of halogens is 1. The summed E-state index contributed by atoms with van der Waals surface area (Å²) in [5, 5.41) is 0.619. The first-order chi connectivity index (χ1) is 14.0. The number of ketones is 1. The number of carbonyl (C=O) groups is 2. The van der Waals surface area contributed by atoms with Gasteiger partial charge in [0.2, 0.25) is 5.91 Å². The van der Waals surface area contributed by atoms with Crippen molar-refractivity contribution in [3.63, 3.8) is 0 Å². The molecule has 1 amide bonds. The van der Waals surface area contributed by atoms with E-state index in [0.29, 0.717) is 24.5 Å². The van der Waals surface area contributed by atoms with Gasteiger partial charge in [0, 0.05) is 35.1 Å². The van der Waals surface area contributed by atoms with Gasteiger partial charge in [0.05, 0.1) is 12.3 Å². The fourth-order valence-corrected chi connectivity index (χ4v) is 4.53. The first kappa shape index (κ1) is 19.7. The quantitative estimate of drug-likeness (QED) is 0.662. The molecule has 1 heterocycles. The highest BCUT2D eigenvalue weighted by molar-refractivity contribution is 6.31. The minimum Gasteiger partial charge on any atom is -0.494 e. The van der Waals surface area contributed by atoms with Crippen LogP contribution < -0.4 is 9.64 Å². The highest BCUT2D eigenvalue weighted by Gasteiger charge is 2.40. The van der Waals surface area contributed by atoms with E-state index >= 15 is 0 Å². The molecule has 2 aliphatic rings. The molecule has 1 unspecified atom stereocenters. The SMILES string of the molecule is CCOc1ccc(C2CC(=O)N(c3cccc(Cl)c3C)C3=C2C(=O)CCC3)cc1. The monoisotopic (exact) mass is 409 g/mol. The van der Waals surface area contributed by atoms with Crippen molar-refractivity contribution in [2.75, 3.05) is 11.5 Å². The molecule has 0 spiro atoms. The summed E-state index contributed by atoms with van der Waals surface area (Å²) in [4.78, 5) is 28.0. The van der Waals surface area contributed by atoms with Gasteiger partial charge in [-0.2, -0.15) is 0 Å². The average Bonchev–Trinajstić information content (AvgIpc) is 2.71. The van der Waals surface area contributed by atoms with Crippen LogP contribution in [-0.4, -0.2) is 18.3 Å². The topological polar surface area (TPSA) is 46.6 Å². The van der Waals surface area contributed by atoms with Crippen LogP contribution in [-0.2, 0) is 9.59 Å². The number of rotatable bonds is 4. The van der Waals surface area contributed by atoms with E-state index in [4.69, 9.17) is 16.3 Å². The van der Waals surface area contributed by atoms with Gasteiger partial charge in [-0.3, -0.25) is 14.5 Å². The first-order valence-corrected chi connectivity index (χ1v) is 10.5. The molecule has 1 aliphatic carbocycles. The molecule has 0 saturated carbocycles. The normalized spacial score (nSPS) is 19.4. The van der Waals surface area contributed by atoms with Gasteiger partial charge in [0.15, 0.2) is 5.78 Å². The predicted octanol–water partition coefficient (Wildman–Crippen LogP) is 5.57. The summed E-state index contributed by atoms with van der Waals surface area (Å²) in [7, 11) is 0. The Labute approximate surface area is 176 Å². The molecule has 150 valence electrons. The standard InChI is InChI=1S/C24H24ClNO3/c1-3-29-17-12-10-16(11-13-17)18-14-23(28)26(20-7-4-6-19(25)15(20)2)21-8-5-9-22(27)24(18)21/h4,6-7,10-13,18H,3,5,8-9,14H2,1-2H3. The van der Waals surface area contributed by atoms with E-state index in [-0.39, 0.29) is 24.0 Å². The number of Topliss-reactive ketones (excluding diaryl/α,β-unsaturated/α-hetero) is 1. The maximum absolute atomic E-state index is 13.3. The molecule has 2 aromatic rings. The van der Waals surface area contributed by atoms with Crippen molar-refractivity contribution in [3.8, 4) is 5.75 Å². The number of anilines is 1. The highest BCUT2D eigenvalue weighted by atomic mass is 35.5. The summed E-state index contributed by atoms with van der Waals surface area (Å²) in [6.07, 6.45) is 2.27. The smallest absolute Gasteiger partial charge is 0.232 e. The zero-order valence-electron chi connectivity index (χ0n) is 16.7. The largest absolute Gasteiger partial charge is 0.494 e. The van der Waals surface area contributed by atoms with Gasteiger partial charge in [0.1, 0.15) is 5.75 Å². The van der Waals surface area contributed by atoms with Crippen molar-refractivity contribution in [3.05, 3.63) is 69.9 Å². The number of benzene rings is 2. The molecule has 4 nitrogen and oxygen atoms in total. The maximum atomic E-state index is 13.3. The first-order valence-electron chi connectivity index (χ1n) is 10.1. The molecule has 29 heavy (non-hydrogen) atoms. The summed E-state index contributed by atoms with van der Waals surface area (Å²) in [6.45, 7) is 4.45. The molecular formula is C24H24ClNO3. The van der Waals surface area contributed by atoms with Gasteiger partial charge in [-0.1, -0.05) is 29.8 Å². The van der Waals surface area contributed by atoms with E-state index in [1.807, 2.05) is 56.3 Å². The Hall–Kier alpha value is -2.59. The van der Waals surface area contributed by atoms with Gasteiger partial charge < -0.3 is 4.74 Å². The molecule has 0 fully saturated rings. The third kappa shape index (κ3) is 3.58. The van der Waals surface area contributed by atoms with E-state index < -0.39 is 0 Å². The Morgan fingerprint density at radius 2 is 1.86 bits per heavy atom. The van der Waals surface area contributed by atoms with E-state index in [1.165, 1.54) is 0 Å². The molecular weight excluding hydrogens is 386 g/mol. The van der Waals surface area contributed by atoms with Gasteiger partial charge >= 0.3 is 0 Å². The second kappa shape index (κ2) is 8.03. The summed E-state index contributed by atoms with van der Waals surface area (Å²) in [5.41, 5.74) is 4.22. The lowest BCUT2D eigenvalue weighted by Gasteiger charge is -2.39. The van der Waals surface area contributed by atoms with Crippen molar-refractivity contribution in [1.82, 2.24) is 0 Å². The highest BCUT2D eigenvalue weighted by Crippen LogP contribution is 2.44. The van der Waals surface area contributed by atoms with Crippen LogP contribution in [0, 0.1) is 6.92 Å². The van der Waals surface area contributed by atoms with Crippen molar-refractivity contribution < 1.29 is 14.3 Å². The second-order valence-corrected chi connectivity index (χ2v) is 7.92. The van der Waals surface area contributed by atoms with E-state index in [1.54, 1.807) is 4.90 Å². The van der Waals surface area contributed by atoms with Crippen LogP contribution in [0.2, 0.25) is 5.02 Å². The Balaban J connectivity index is 1.81. The van der Waals surface area contributed by atoms with Crippen LogP contribution in [0.4, 0.5) is 5.69 Å². The minimum atomic E-state index is -0.211. The van der Waals surface area contributed by atoms with Crippen LogP contribution in [0.15, 0.2) is 53.7 Å². The fraction of sp³-hybridized carbons (Fsp3) is 0.333. The molecule has 4 rings (SSSR count). The molecule has 2 aromatic carbocycles. The van der Waals surface area contributed by atoms with Crippen LogP contribution in [0.3, 0.4) is 0 Å². The average molecular weight is 410 g/mol. The number of nitrogens with zero attached hydrogens (tertiary/aromatic N) is 1. The lowest BCUT2D eigenvalue weighted by Crippen LogP contribution is -2.40. The Morgan fingerprint density at radius 1 is 1.10 bits per heavy atom.